The first kappa shape index (κ1) is 11.7. The van der Waals surface area contributed by atoms with E-state index >= 15 is 0 Å². The second kappa shape index (κ2) is 5.04. The molecule has 0 unspecified atom stereocenters. The van der Waals surface area contributed by atoms with Crippen LogP contribution in [0.15, 0.2) is 22.6 Å². The maximum absolute atomic E-state index is 11.9. The molecule has 0 saturated carbocycles. The maximum Gasteiger partial charge on any atom is 0.328 e. The third kappa shape index (κ3) is 2.49. The third-order valence-corrected chi connectivity index (χ3v) is 3.00. The van der Waals surface area contributed by atoms with Crippen LogP contribution in [0.2, 0.25) is 0 Å². The lowest BCUT2D eigenvalue weighted by atomic mass is 10.4. The Balaban J connectivity index is 2.16. The summed E-state index contributed by atoms with van der Waals surface area (Å²) in [5, 5.41) is 2.36. The molecule has 90 valence electrons. The molecule has 8 heteroatoms. The van der Waals surface area contributed by atoms with E-state index in [1.807, 2.05) is 0 Å². The minimum absolute atomic E-state index is 0.0431. The molecule has 0 aliphatic heterocycles. The van der Waals surface area contributed by atoms with Gasteiger partial charge in [-0.15, -0.1) is 11.3 Å². The van der Waals surface area contributed by atoms with E-state index in [1.54, 1.807) is 17.0 Å². The van der Waals surface area contributed by atoms with Gasteiger partial charge in [-0.25, -0.2) is 10.8 Å². The number of fused-ring (bicyclic) bond motifs is 1. The highest BCUT2D eigenvalue weighted by Gasteiger charge is 2.07. The molecule has 0 radical (unpaired) electrons. The number of aromatic nitrogens is 2. The van der Waals surface area contributed by atoms with Crippen molar-refractivity contribution in [1.29, 1.82) is 0 Å². The van der Waals surface area contributed by atoms with Gasteiger partial charge in [0.1, 0.15) is 4.83 Å². The van der Waals surface area contributed by atoms with Gasteiger partial charge in [0.15, 0.2) is 0 Å². The number of hydrogen-bond acceptors (Lipinski definition) is 7. The second-order valence-electron chi connectivity index (χ2n) is 3.22. The first-order valence-electron chi connectivity index (χ1n) is 4.80. The number of nitrogens with zero attached hydrogens (tertiary/aromatic N) is 2. The minimum Gasteiger partial charge on any atom is -0.356 e. The summed E-state index contributed by atoms with van der Waals surface area (Å²) in [6, 6.07) is 1.71. The Morgan fingerprint density at radius 2 is 2.47 bits per heavy atom. The van der Waals surface area contributed by atoms with Crippen molar-refractivity contribution in [2.75, 3.05) is 0 Å². The number of thiophene rings is 1. The summed E-state index contributed by atoms with van der Waals surface area (Å²) in [5.74, 6) is 4.28. The second-order valence-corrected chi connectivity index (χ2v) is 4.12. The molecule has 0 atom stereocenters. The zero-order valence-electron chi connectivity index (χ0n) is 8.75. The molecule has 0 amide bonds. The molecule has 7 nitrogen and oxygen atoms in total. The van der Waals surface area contributed by atoms with Crippen LogP contribution in [0.4, 0.5) is 0 Å². The number of carbonyl (C=O) groups excluding carboxylic acids is 1. The summed E-state index contributed by atoms with van der Waals surface area (Å²) in [6.45, 7) is 0.206. The highest BCUT2D eigenvalue weighted by molar-refractivity contribution is 7.16. The fraction of sp³-hybridized carbons (Fsp3) is 0.222. The SMILES string of the molecule is NNOC(=O)CCn1cnc2sccc2c1=O. The molecule has 0 aliphatic rings. The molecule has 2 aromatic heterocycles. The van der Waals surface area contributed by atoms with Gasteiger partial charge in [0.05, 0.1) is 18.1 Å². The normalized spacial score (nSPS) is 10.6. The summed E-state index contributed by atoms with van der Waals surface area (Å²) in [4.78, 5) is 32.1. The van der Waals surface area contributed by atoms with E-state index in [-0.39, 0.29) is 18.5 Å². The predicted molar refractivity (Wildman–Crippen MR) is 61.9 cm³/mol. The monoisotopic (exact) mass is 254 g/mol. The molecule has 0 aromatic carbocycles. The van der Waals surface area contributed by atoms with Crippen LogP contribution in [0.3, 0.4) is 0 Å². The summed E-state index contributed by atoms with van der Waals surface area (Å²) >= 11 is 1.40. The van der Waals surface area contributed by atoms with Crippen molar-refractivity contribution in [2.45, 2.75) is 13.0 Å². The molecule has 0 bridgehead atoms. The molecule has 17 heavy (non-hydrogen) atoms. The van der Waals surface area contributed by atoms with Crippen molar-refractivity contribution >= 4 is 27.5 Å². The number of nitrogens with one attached hydrogen (secondary N) is 1. The summed E-state index contributed by atoms with van der Waals surface area (Å²) in [5.41, 5.74) is 1.63. The largest absolute Gasteiger partial charge is 0.356 e. The van der Waals surface area contributed by atoms with Crippen LogP contribution in [0.1, 0.15) is 6.42 Å². The molecule has 3 N–H and O–H groups in total. The van der Waals surface area contributed by atoms with Gasteiger partial charge in [-0.05, 0) is 11.4 Å². The summed E-state index contributed by atoms with van der Waals surface area (Å²) in [6.07, 6.45) is 1.46. The Labute approximate surface area is 99.7 Å². The van der Waals surface area contributed by atoms with E-state index in [2.05, 4.69) is 9.82 Å². The Morgan fingerprint density at radius 1 is 1.65 bits per heavy atom. The maximum atomic E-state index is 11.9. The van der Waals surface area contributed by atoms with E-state index in [4.69, 9.17) is 5.84 Å². The predicted octanol–water partition coefficient (Wildman–Crippen LogP) is -0.230. The molecular weight excluding hydrogens is 244 g/mol. The van der Waals surface area contributed by atoms with Crippen molar-refractivity contribution in [3.8, 4) is 0 Å². The number of aryl methyl sites for hydroxylation is 1. The number of rotatable bonds is 4. The highest BCUT2D eigenvalue weighted by Crippen LogP contribution is 2.13. The van der Waals surface area contributed by atoms with E-state index in [1.165, 1.54) is 22.2 Å². The van der Waals surface area contributed by atoms with Crippen molar-refractivity contribution in [3.05, 3.63) is 28.1 Å². The number of nitrogens with two attached hydrogens (primary N) is 1. The van der Waals surface area contributed by atoms with Gasteiger partial charge in [0, 0.05) is 6.54 Å². The molecule has 0 fully saturated rings. The van der Waals surface area contributed by atoms with Gasteiger partial charge >= 0.3 is 5.97 Å². The average Bonchev–Trinajstić information content (AvgIpc) is 2.77. The summed E-state index contributed by atoms with van der Waals surface area (Å²) in [7, 11) is 0. The lowest BCUT2D eigenvalue weighted by molar-refractivity contribution is -0.151. The lowest BCUT2D eigenvalue weighted by Gasteiger charge is -2.04. The van der Waals surface area contributed by atoms with Gasteiger partial charge in [-0.2, -0.15) is 0 Å². The van der Waals surface area contributed by atoms with Gasteiger partial charge in [-0.3, -0.25) is 14.2 Å². The minimum atomic E-state index is -0.537. The molecule has 0 spiro atoms. The van der Waals surface area contributed by atoms with Crippen LogP contribution < -0.4 is 17.0 Å². The zero-order valence-corrected chi connectivity index (χ0v) is 9.57. The molecule has 2 rings (SSSR count). The highest BCUT2D eigenvalue weighted by atomic mass is 32.1. The van der Waals surface area contributed by atoms with Crippen molar-refractivity contribution in [2.24, 2.45) is 5.84 Å². The van der Waals surface area contributed by atoms with Crippen LogP contribution in [0, 0.1) is 0 Å². The fourth-order valence-electron chi connectivity index (χ4n) is 1.38. The Morgan fingerprint density at radius 3 is 3.24 bits per heavy atom. The number of hydrogen-bond donors (Lipinski definition) is 2. The lowest BCUT2D eigenvalue weighted by Crippen LogP contribution is -2.28. The number of carbonyl (C=O) groups is 1. The van der Waals surface area contributed by atoms with Gasteiger partial charge in [0.2, 0.25) is 0 Å². The molecule has 2 heterocycles. The van der Waals surface area contributed by atoms with Crippen LogP contribution in [-0.2, 0) is 16.2 Å². The zero-order chi connectivity index (χ0) is 12.3. The standard InChI is InChI=1S/C9H10N4O3S/c10-12-16-7(14)1-3-13-5-11-8-6(9(13)15)2-4-17-8/h2,4-5,12H,1,3,10H2. The Kier molecular flexibility index (Phi) is 3.47. The van der Waals surface area contributed by atoms with Crippen LogP contribution in [0.25, 0.3) is 10.2 Å². The first-order valence-corrected chi connectivity index (χ1v) is 5.68. The van der Waals surface area contributed by atoms with E-state index in [0.29, 0.717) is 10.2 Å². The van der Waals surface area contributed by atoms with Crippen molar-refractivity contribution in [3.63, 3.8) is 0 Å². The van der Waals surface area contributed by atoms with E-state index < -0.39 is 5.97 Å². The van der Waals surface area contributed by atoms with Crippen molar-refractivity contribution in [1.82, 2.24) is 15.1 Å². The smallest absolute Gasteiger partial charge is 0.328 e. The average molecular weight is 254 g/mol. The van der Waals surface area contributed by atoms with E-state index in [9.17, 15) is 9.59 Å². The molecule has 2 aromatic rings. The van der Waals surface area contributed by atoms with Gasteiger partial charge in [-0.1, -0.05) is 5.59 Å². The van der Waals surface area contributed by atoms with Crippen molar-refractivity contribution < 1.29 is 9.63 Å². The summed E-state index contributed by atoms with van der Waals surface area (Å²) < 4.78 is 1.37. The Bertz CT molecular complexity index is 591. The Hall–Kier alpha value is -1.77. The van der Waals surface area contributed by atoms with Gasteiger partial charge in [0.25, 0.3) is 5.56 Å². The third-order valence-electron chi connectivity index (χ3n) is 2.18. The first-order chi connectivity index (χ1) is 8.22. The van der Waals surface area contributed by atoms with Crippen LogP contribution >= 0.6 is 11.3 Å². The fourth-order valence-corrected chi connectivity index (χ4v) is 2.10. The molecule has 0 aliphatic carbocycles. The quantitative estimate of drug-likeness (QED) is 0.577. The van der Waals surface area contributed by atoms with Gasteiger partial charge < -0.3 is 4.84 Å². The van der Waals surface area contributed by atoms with Crippen LogP contribution in [0.5, 0.6) is 0 Å². The van der Waals surface area contributed by atoms with Crippen LogP contribution in [-0.4, -0.2) is 15.5 Å². The number of hydrazine groups is 1. The molecular formula is C9H10N4O3S. The molecule has 0 saturated heterocycles. The van der Waals surface area contributed by atoms with E-state index in [0.717, 1.165) is 0 Å². The topological polar surface area (TPSA) is 99.2 Å².